The summed E-state index contributed by atoms with van der Waals surface area (Å²) in [6.07, 6.45) is 0. The van der Waals surface area contributed by atoms with Crippen molar-refractivity contribution in [3.63, 3.8) is 0 Å². The molecule has 2 aromatic carbocycles. The van der Waals surface area contributed by atoms with Crippen LogP contribution in [0.25, 0.3) is 0 Å². The molecule has 0 unspecified atom stereocenters. The number of hydrogen-bond donors (Lipinski definition) is 2. The summed E-state index contributed by atoms with van der Waals surface area (Å²) in [6.45, 7) is 6.62. The Morgan fingerprint density at radius 3 is 2.33 bits per heavy atom. The maximum absolute atomic E-state index is 12.6. The molecule has 0 aliphatic heterocycles. The van der Waals surface area contributed by atoms with Crippen molar-refractivity contribution < 1.29 is 8.42 Å². The first kappa shape index (κ1) is 19.3. The van der Waals surface area contributed by atoms with Gasteiger partial charge in [0.05, 0.1) is 10.6 Å². The third kappa shape index (κ3) is 4.84. The second-order valence-electron chi connectivity index (χ2n) is 7.10. The van der Waals surface area contributed by atoms with Crippen molar-refractivity contribution in [2.45, 2.75) is 37.6 Å². The van der Waals surface area contributed by atoms with Gasteiger partial charge in [-0.3, -0.25) is 4.72 Å². The summed E-state index contributed by atoms with van der Waals surface area (Å²) in [4.78, 5) is 4.73. The van der Waals surface area contributed by atoms with E-state index in [9.17, 15) is 8.42 Å². The second-order valence-corrected chi connectivity index (χ2v) is 9.54. The summed E-state index contributed by atoms with van der Waals surface area (Å²) in [5.41, 5.74) is 1.25. The number of para-hydroxylation sites is 1. The van der Waals surface area contributed by atoms with Gasteiger partial charge in [0.25, 0.3) is 10.0 Å². The topological polar surface area (TPSA) is 84.0 Å². The van der Waals surface area contributed by atoms with Crippen LogP contribution in [-0.4, -0.2) is 17.8 Å². The highest BCUT2D eigenvalue weighted by Gasteiger charge is 2.20. The van der Waals surface area contributed by atoms with E-state index in [4.69, 9.17) is 0 Å². The number of aromatic nitrogens is 2. The van der Waals surface area contributed by atoms with Gasteiger partial charge in [-0.05, 0) is 23.8 Å². The minimum atomic E-state index is -3.64. The molecule has 142 valence electrons. The van der Waals surface area contributed by atoms with E-state index in [1.54, 1.807) is 42.5 Å². The zero-order valence-electron chi connectivity index (χ0n) is 15.4. The summed E-state index contributed by atoms with van der Waals surface area (Å²) in [6, 6.07) is 15.6. The van der Waals surface area contributed by atoms with Gasteiger partial charge in [0.1, 0.15) is 5.82 Å². The lowest BCUT2D eigenvalue weighted by Gasteiger charge is -2.13. The number of nitrogens with zero attached hydrogens (tertiary/aromatic N) is 2. The summed E-state index contributed by atoms with van der Waals surface area (Å²) >= 11 is 1.30. The van der Waals surface area contributed by atoms with Crippen LogP contribution in [-0.2, 0) is 22.0 Å². The van der Waals surface area contributed by atoms with E-state index in [2.05, 4.69) is 40.2 Å². The van der Waals surface area contributed by atoms with Gasteiger partial charge in [-0.15, -0.1) is 0 Å². The number of hydrogen-bond acceptors (Lipinski definition) is 6. The van der Waals surface area contributed by atoms with Crippen molar-refractivity contribution in [3.05, 3.63) is 66.0 Å². The number of rotatable bonds is 6. The molecule has 1 heterocycles. The quantitative estimate of drug-likeness (QED) is 0.644. The van der Waals surface area contributed by atoms with Crippen LogP contribution in [0.15, 0.2) is 59.5 Å². The minimum Gasteiger partial charge on any atom is -0.356 e. The predicted molar refractivity (Wildman–Crippen MR) is 110 cm³/mol. The molecule has 0 bridgehead atoms. The van der Waals surface area contributed by atoms with Gasteiger partial charge < -0.3 is 5.32 Å². The number of benzene rings is 2. The molecule has 0 amide bonds. The fourth-order valence-corrected chi connectivity index (χ4v) is 4.22. The first-order valence-corrected chi connectivity index (χ1v) is 10.8. The second kappa shape index (κ2) is 7.66. The van der Waals surface area contributed by atoms with E-state index in [1.807, 2.05) is 12.1 Å². The van der Waals surface area contributed by atoms with Crippen molar-refractivity contribution in [2.75, 3.05) is 10.0 Å². The van der Waals surface area contributed by atoms with Crippen LogP contribution in [0.3, 0.4) is 0 Å². The van der Waals surface area contributed by atoms with Crippen molar-refractivity contribution in [2.24, 2.45) is 0 Å². The molecule has 6 nitrogen and oxygen atoms in total. The summed E-state index contributed by atoms with van der Waals surface area (Å²) in [5.74, 6) is 0.785. The lowest BCUT2D eigenvalue weighted by Crippen LogP contribution is -2.15. The van der Waals surface area contributed by atoms with Gasteiger partial charge in [0.15, 0.2) is 0 Å². The molecule has 0 atom stereocenters. The monoisotopic (exact) mass is 402 g/mol. The lowest BCUT2D eigenvalue weighted by molar-refractivity contribution is 0.555. The first-order chi connectivity index (χ1) is 12.8. The highest BCUT2D eigenvalue weighted by Crippen LogP contribution is 2.25. The van der Waals surface area contributed by atoms with Crippen molar-refractivity contribution in [1.82, 2.24) is 9.36 Å². The molecule has 0 aliphatic rings. The zero-order valence-corrected chi connectivity index (χ0v) is 17.1. The van der Waals surface area contributed by atoms with Gasteiger partial charge in [0, 0.05) is 23.5 Å². The normalized spacial score (nSPS) is 12.0. The third-order valence-corrected chi connectivity index (χ3v) is 5.90. The SMILES string of the molecule is CC(C)(C)c1nsc(NCc2ccccc2NS(=O)(=O)c2ccccc2)n1. The fourth-order valence-electron chi connectivity index (χ4n) is 2.35. The Bertz CT molecular complexity index is 1010. The molecule has 27 heavy (non-hydrogen) atoms. The molecular formula is C19H22N4O2S2. The molecule has 0 aliphatic carbocycles. The van der Waals surface area contributed by atoms with Crippen LogP contribution in [0.1, 0.15) is 32.2 Å². The van der Waals surface area contributed by atoms with Crippen molar-refractivity contribution in [3.8, 4) is 0 Å². The van der Waals surface area contributed by atoms with Gasteiger partial charge in [-0.1, -0.05) is 57.2 Å². The van der Waals surface area contributed by atoms with Crippen LogP contribution < -0.4 is 10.0 Å². The smallest absolute Gasteiger partial charge is 0.261 e. The molecule has 8 heteroatoms. The van der Waals surface area contributed by atoms with E-state index in [1.165, 1.54) is 11.5 Å². The number of anilines is 2. The van der Waals surface area contributed by atoms with Crippen molar-refractivity contribution in [1.29, 1.82) is 0 Å². The van der Waals surface area contributed by atoms with Crippen LogP contribution in [0.5, 0.6) is 0 Å². The van der Waals surface area contributed by atoms with Gasteiger partial charge >= 0.3 is 0 Å². The standard InChI is InChI=1S/C19H22N4O2S2/c1-19(2,3)17-21-18(26-22-17)20-13-14-9-7-8-12-16(14)23-27(24,25)15-10-5-4-6-11-15/h4-12,23H,13H2,1-3H3,(H,20,21,22). The highest BCUT2D eigenvalue weighted by molar-refractivity contribution is 7.92. The molecule has 3 rings (SSSR count). The van der Waals surface area contributed by atoms with E-state index < -0.39 is 10.0 Å². The summed E-state index contributed by atoms with van der Waals surface area (Å²) < 4.78 is 32.2. The Morgan fingerprint density at radius 1 is 1.00 bits per heavy atom. The first-order valence-electron chi connectivity index (χ1n) is 8.49. The van der Waals surface area contributed by atoms with Crippen LogP contribution in [0, 0.1) is 0 Å². The fraction of sp³-hybridized carbons (Fsp3) is 0.263. The van der Waals surface area contributed by atoms with E-state index in [0.29, 0.717) is 17.4 Å². The van der Waals surface area contributed by atoms with E-state index >= 15 is 0 Å². The Balaban J connectivity index is 1.76. The number of nitrogens with one attached hydrogen (secondary N) is 2. The van der Waals surface area contributed by atoms with Gasteiger partial charge in [0.2, 0.25) is 5.13 Å². The molecule has 0 saturated carbocycles. The lowest BCUT2D eigenvalue weighted by atomic mass is 9.96. The molecule has 0 spiro atoms. The van der Waals surface area contributed by atoms with Crippen LogP contribution in [0.2, 0.25) is 0 Å². The Kier molecular flexibility index (Phi) is 5.48. The Labute approximate surface area is 163 Å². The van der Waals surface area contributed by atoms with Crippen LogP contribution >= 0.6 is 11.5 Å². The largest absolute Gasteiger partial charge is 0.356 e. The summed E-state index contributed by atoms with van der Waals surface area (Å²) in [5, 5.41) is 3.94. The maximum atomic E-state index is 12.6. The molecule has 0 radical (unpaired) electrons. The third-order valence-electron chi connectivity index (χ3n) is 3.84. The van der Waals surface area contributed by atoms with E-state index in [0.717, 1.165) is 11.4 Å². The molecule has 1 aromatic heterocycles. The predicted octanol–water partition coefficient (Wildman–Crippen LogP) is 4.25. The number of sulfonamides is 1. The molecule has 0 fully saturated rings. The average molecular weight is 403 g/mol. The average Bonchev–Trinajstić information content (AvgIpc) is 3.11. The zero-order chi connectivity index (χ0) is 19.5. The van der Waals surface area contributed by atoms with Gasteiger partial charge in [-0.25, -0.2) is 13.4 Å². The Hall–Kier alpha value is -2.45. The molecule has 3 aromatic rings. The van der Waals surface area contributed by atoms with Crippen LogP contribution in [0.4, 0.5) is 10.8 Å². The molecule has 0 saturated heterocycles. The molecule has 2 N–H and O–H groups in total. The highest BCUT2D eigenvalue weighted by atomic mass is 32.2. The molecular weight excluding hydrogens is 380 g/mol. The van der Waals surface area contributed by atoms with Crippen molar-refractivity contribution >= 4 is 32.4 Å². The van der Waals surface area contributed by atoms with E-state index in [-0.39, 0.29) is 10.3 Å². The summed E-state index contributed by atoms with van der Waals surface area (Å²) in [7, 11) is -3.64. The maximum Gasteiger partial charge on any atom is 0.261 e. The minimum absolute atomic E-state index is 0.111. The van der Waals surface area contributed by atoms with Gasteiger partial charge in [-0.2, -0.15) is 4.37 Å². The Morgan fingerprint density at radius 2 is 1.67 bits per heavy atom.